The molecule has 7 nitrogen and oxygen atoms in total. The molecular weight excluding hydrogens is 352 g/mol. The van der Waals surface area contributed by atoms with Gasteiger partial charge in [0.25, 0.3) is 11.5 Å². The molecule has 0 aliphatic rings. The molecule has 0 aliphatic carbocycles. The first kappa shape index (κ1) is 16.0. The predicted octanol–water partition coefficient (Wildman–Crippen LogP) is 2.59. The molecule has 0 radical (unpaired) electrons. The van der Waals surface area contributed by atoms with Gasteiger partial charge in [0.15, 0.2) is 0 Å². The monoisotopic (exact) mass is 364 g/mol. The highest BCUT2D eigenvalue weighted by atomic mass is 32.1. The van der Waals surface area contributed by atoms with Gasteiger partial charge in [0, 0.05) is 17.3 Å². The van der Waals surface area contributed by atoms with Crippen molar-refractivity contribution >= 4 is 33.1 Å². The van der Waals surface area contributed by atoms with Crippen LogP contribution in [0.25, 0.3) is 20.8 Å². The first-order chi connectivity index (χ1) is 12.6. The summed E-state index contributed by atoms with van der Waals surface area (Å²) >= 11 is 1.56. The lowest BCUT2D eigenvalue weighted by Crippen LogP contribution is -2.27. The molecule has 0 fully saturated rings. The third-order valence-corrected chi connectivity index (χ3v) is 4.75. The zero-order valence-electron chi connectivity index (χ0n) is 13.3. The zero-order valence-corrected chi connectivity index (χ0v) is 14.1. The van der Waals surface area contributed by atoms with E-state index in [1.165, 1.54) is 0 Å². The Bertz CT molecular complexity index is 1180. The fourth-order valence-corrected chi connectivity index (χ4v) is 3.48. The van der Waals surface area contributed by atoms with Gasteiger partial charge < -0.3 is 10.3 Å². The minimum Gasteiger partial charge on any atom is -0.321 e. The van der Waals surface area contributed by atoms with Gasteiger partial charge >= 0.3 is 5.69 Å². The van der Waals surface area contributed by atoms with Crippen molar-refractivity contribution in [3.63, 3.8) is 0 Å². The topological polar surface area (TPSA) is 108 Å². The smallest absolute Gasteiger partial charge is 0.321 e. The van der Waals surface area contributed by atoms with E-state index in [4.69, 9.17) is 0 Å². The van der Waals surface area contributed by atoms with Gasteiger partial charge in [-0.25, -0.2) is 9.78 Å². The molecule has 0 spiro atoms. The molecule has 8 heteroatoms. The Morgan fingerprint density at radius 1 is 1.00 bits per heavy atom. The SMILES string of the molecule is O=C(Nc1cccc(-c2nc3ccccc3s2)c1)c1cc(=O)[nH]c(=O)[nH]1. The van der Waals surface area contributed by atoms with Crippen LogP contribution in [0.3, 0.4) is 0 Å². The van der Waals surface area contributed by atoms with Gasteiger partial charge in [-0.1, -0.05) is 24.3 Å². The number of amides is 1. The summed E-state index contributed by atoms with van der Waals surface area (Å²) in [5.74, 6) is -0.574. The number of anilines is 1. The number of carbonyl (C=O) groups is 1. The Balaban J connectivity index is 1.64. The summed E-state index contributed by atoms with van der Waals surface area (Å²) in [5, 5.41) is 3.51. The second-order valence-electron chi connectivity index (χ2n) is 5.52. The standard InChI is InChI=1S/C18H12N4O3S/c23-15-9-13(21-18(25)22-15)16(24)19-11-5-3-4-10(8-11)17-20-12-6-1-2-7-14(12)26-17/h1-9H,(H,19,24)(H2,21,22,23,25). The maximum atomic E-state index is 12.3. The van der Waals surface area contributed by atoms with E-state index >= 15 is 0 Å². The number of nitrogens with one attached hydrogen (secondary N) is 3. The van der Waals surface area contributed by atoms with Crippen molar-refractivity contribution in [2.75, 3.05) is 5.32 Å². The van der Waals surface area contributed by atoms with E-state index in [-0.39, 0.29) is 5.69 Å². The van der Waals surface area contributed by atoms with Crippen LogP contribution in [-0.2, 0) is 0 Å². The lowest BCUT2D eigenvalue weighted by Gasteiger charge is -2.06. The van der Waals surface area contributed by atoms with E-state index in [9.17, 15) is 14.4 Å². The fourth-order valence-electron chi connectivity index (χ4n) is 2.52. The molecule has 0 saturated heterocycles. The van der Waals surface area contributed by atoms with Crippen LogP contribution in [0.2, 0.25) is 0 Å². The molecule has 0 bridgehead atoms. The van der Waals surface area contributed by atoms with Crippen LogP contribution >= 0.6 is 11.3 Å². The van der Waals surface area contributed by atoms with Crippen LogP contribution in [0.5, 0.6) is 0 Å². The lowest BCUT2D eigenvalue weighted by molar-refractivity contribution is 0.102. The Kier molecular flexibility index (Phi) is 3.94. The number of para-hydroxylation sites is 1. The fraction of sp³-hybridized carbons (Fsp3) is 0. The zero-order chi connectivity index (χ0) is 18.1. The van der Waals surface area contributed by atoms with Crippen molar-refractivity contribution < 1.29 is 4.79 Å². The van der Waals surface area contributed by atoms with Crippen molar-refractivity contribution in [2.45, 2.75) is 0 Å². The van der Waals surface area contributed by atoms with Crippen molar-refractivity contribution in [1.29, 1.82) is 0 Å². The molecule has 0 atom stereocenters. The Morgan fingerprint density at radius 3 is 2.65 bits per heavy atom. The molecule has 3 N–H and O–H groups in total. The molecule has 2 aromatic carbocycles. The summed E-state index contributed by atoms with van der Waals surface area (Å²) in [4.78, 5) is 43.8. The molecule has 2 heterocycles. The van der Waals surface area contributed by atoms with Crippen molar-refractivity contribution in [1.82, 2.24) is 15.0 Å². The second kappa shape index (κ2) is 6.41. The number of carbonyl (C=O) groups excluding carboxylic acids is 1. The first-order valence-electron chi connectivity index (χ1n) is 7.69. The van der Waals surface area contributed by atoms with Crippen LogP contribution in [0.15, 0.2) is 64.2 Å². The van der Waals surface area contributed by atoms with Crippen molar-refractivity contribution in [2.24, 2.45) is 0 Å². The average molecular weight is 364 g/mol. The third-order valence-electron chi connectivity index (χ3n) is 3.67. The minimum atomic E-state index is -0.731. The van der Waals surface area contributed by atoms with Crippen LogP contribution in [0, 0.1) is 0 Å². The summed E-state index contributed by atoms with van der Waals surface area (Å²) in [7, 11) is 0. The molecular formula is C18H12N4O3S. The number of thiazole rings is 1. The van der Waals surface area contributed by atoms with Gasteiger partial charge in [0.2, 0.25) is 0 Å². The van der Waals surface area contributed by atoms with Gasteiger partial charge in [-0.3, -0.25) is 14.6 Å². The van der Waals surface area contributed by atoms with E-state index in [1.807, 2.05) is 35.3 Å². The number of hydrogen-bond acceptors (Lipinski definition) is 5. The highest BCUT2D eigenvalue weighted by Crippen LogP contribution is 2.31. The minimum absolute atomic E-state index is 0.107. The molecule has 1 amide bonds. The van der Waals surface area contributed by atoms with E-state index in [2.05, 4.69) is 15.3 Å². The number of aromatic amines is 2. The van der Waals surface area contributed by atoms with E-state index in [0.29, 0.717) is 5.69 Å². The molecule has 0 aliphatic heterocycles. The highest BCUT2D eigenvalue weighted by Gasteiger charge is 2.10. The first-order valence-corrected chi connectivity index (χ1v) is 8.51. The van der Waals surface area contributed by atoms with Crippen LogP contribution in [-0.4, -0.2) is 20.9 Å². The molecule has 0 saturated carbocycles. The summed E-state index contributed by atoms with van der Waals surface area (Å²) < 4.78 is 1.08. The summed E-state index contributed by atoms with van der Waals surface area (Å²) in [6, 6.07) is 16.1. The molecule has 26 heavy (non-hydrogen) atoms. The van der Waals surface area contributed by atoms with Crippen LogP contribution < -0.4 is 16.6 Å². The van der Waals surface area contributed by atoms with Crippen LogP contribution in [0.4, 0.5) is 5.69 Å². The quantitative estimate of drug-likeness (QED) is 0.519. The number of H-pyrrole nitrogens is 2. The average Bonchev–Trinajstić information content (AvgIpc) is 3.05. The van der Waals surface area contributed by atoms with Gasteiger partial charge in [-0.2, -0.15) is 0 Å². The molecule has 128 valence electrons. The summed E-state index contributed by atoms with van der Waals surface area (Å²) in [6.07, 6.45) is 0. The van der Waals surface area contributed by atoms with E-state index in [1.54, 1.807) is 29.5 Å². The van der Waals surface area contributed by atoms with Gasteiger partial charge in [0.05, 0.1) is 10.2 Å². The Hall–Kier alpha value is -3.52. The maximum Gasteiger partial charge on any atom is 0.326 e. The predicted molar refractivity (Wildman–Crippen MR) is 101 cm³/mol. The number of benzene rings is 2. The normalized spacial score (nSPS) is 10.8. The molecule has 0 unspecified atom stereocenters. The number of hydrogen-bond donors (Lipinski definition) is 3. The second-order valence-corrected chi connectivity index (χ2v) is 6.55. The molecule has 2 aromatic heterocycles. The van der Waals surface area contributed by atoms with Gasteiger partial charge in [-0.05, 0) is 24.3 Å². The number of aromatic nitrogens is 3. The number of nitrogens with zero attached hydrogens (tertiary/aromatic N) is 1. The largest absolute Gasteiger partial charge is 0.326 e. The van der Waals surface area contributed by atoms with Crippen molar-refractivity contribution in [3.05, 3.63) is 81.1 Å². The summed E-state index contributed by atoms with van der Waals surface area (Å²) in [6.45, 7) is 0. The Labute approximate surface area is 150 Å². The van der Waals surface area contributed by atoms with Crippen LogP contribution in [0.1, 0.15) is 10.5 Å². The van der Waals surface area contributed by atoms with Crippen molar-refractivity contribution in [3.8, 4) is 10.6 Å². The van der Waals surface area contributed by atoms with Gasteiger partial charge in [0.1, 0.15) is 10.7 Å². The molecule has 4 rings (SSSR count). The number of rotatable bonds is 3. The van der Waals surface area contributed by atoms with E-state index in [0.717, 1.165) is 26.9 Å². The highest BCUT2D eigenvalue weighted by molar-refractivity contribution is 7.21. The van der Waals surface area contributed by atoms with Gasteiger partial charge in [-0.15, -0.1) is 11.3 Å². The third kappa shape index (κ3) is 3.17. The number of fused-ring (bicyclic) bond motifs is 1. The maximum absolute atomic E-state index is 12.3. The summed E-state index contributed by atoms with van der Waals surface area (Å²) in [5.41, 5.74) is 0.844. The lowest BCUT2D eigenvalue weighted by atomic mass is 10.2. The molecule has 4 aromatic rings. The van der Waals surface area contributed by atoms with E-state index < -0.39 is 17.2 Å². The Morgan fingerprint density at radius 2 is 1.85 bits per heavy atom.